The molecule has 0 aliphatic heterocycles. The van der Waals surface area contributed by atoms with Gasteiger partial charge in [0.15, 0.2) is 0 Å². The van der Waals surface area contributed by atoms with Crippen molar-refractivity contribution < 1.29 is 0 Å². The summed E-state index contributed by atoms with van der Waals surface area (Å²) < 4.78 is 1.89. The van der Waals surface area contributed by atoms with Crippen molar-refractivity contribution in [2.45, 2.75) is 34.6 Å². The number of hydrogen-bond donors (Lipinski definition) is 1. The highest BCUT2D eigenvalue weighted by molar-refractivity contribution is 5.76. The van der Waals surface area contributed by atoms with Crippen LogP contribution in [0.2, 0.25) is 0 Å². The lowest BCUT2D eigenvalue weighted by molar-refractivity contribution is 0.778. The largest absolute Gasteiger partial charge is 0.382 e. The van der Waals surface area contributed by atoms with Gasteiger partial charge in [-0.05, 0) is 56.9 Å². The molecule has 0 aliphatic carbocycles. The van der Waals surface area contributed by atoms with Crippen LogP contribution in [0.5, 0.6) is 0 Å². The number of nitrogen functional groups attached to an aromatic ring is 1. The highest BCUT2D eigenvalue weighted by Crippen LogP contribution is 2.34. The van der Waals surface area contributed by atoms with Gasteiger partial charge >= 0.3 is 0 Å². The van der Waals surface area contributed by atoms with E-state index in [1.54, 1.807) is 0 Å². The first kappa shape index (κ1) is 12.7. The Morgan fingerprint density at radius 1 is 0.944 bits per heavy atom. The average Bonchev–Trinajstić information content (AvgIpc) is 2.53. The summed E-state index contributed by atoms with van der Waals surface area (Å²) >= 11 is 0. The molecule has 0 aliphatic rings. The Kier molecular flexibility index (Phi) is 2.93. The van der Waals surface area contributed by atoms with Crippen molar-refractivity contribution in [3.63, 3.8) is 0 Å². The van der Waals surface area contributed by atoms with E-state index in [1.807, 2.05) is 18.7 Å². The number of aromatic nitrogens is 2. The Morgan fingerprint density at radius 3 is 1.83 bits per heavy atom. The number of anilines is 1. The molecule has 3 heteroatoms. The molecular weight excluding hydrogens is 222 g/mol. The Morgan fingerprint density at radius 2 is 1.44 bits per heavy atom. The molecule has 0 fully saturated rings. The summed E-state index contributed by atoms with van der Waals surface area (Å²) in [5, 5.41) is 4.32. The fraction of sp³-hybridized carbons (Fsp3) is 0.400. The minimum absolute atomic E-state index is 0.616. The molecule has 2 N–H and O–H groups in total. The monoisotopic (exact) mass is 243 g/mol. The molecular formula is C15H21N3. The standard InChI is InChI=1S/C15H21N3/c1-8-7-9(2)11(4)13(10(8)3)14-12(5)15(16)17-18(14)6/h7H,1-6H3,(H2,16,17). The highest BCUT2D eigenvalue weighted by Gasteiger charge is 2.18. The SMILES string of the molecule is Cc1cc(C)c(C)c(-c2c(C)c(N)nn2C)c1C. The molecule has 0 atom stereocenters. The Balaban J connectivity index is 2.87. The second kappa shape index (κ2) is 4.16. The van der Waals surface area contributed by atoms with Gasteiger partial charge in [0.1, 0.15) is 5.82 Å². The van der Waals surface area contributed by atoms with E-state index in [-0.39, 0.29) is 0 Å². The number of hydrogen-bond acceptors (Lipinski definition) is 2. The molecule has 0 unspecified atom stereocenters. The lowest BCUT2D eigenvalue weighted by Crippen LogP contribution is -2.01. The van der Waals surface area contributed by atoms with Crippen molar-refractivity contribution >= 4 is 5.82 Å². The van der Waals surface area contributed by atoms with E-state index in [9.17, 15) is 0 Å². The number of rotatable bonds is 1. The van der Waals surface area contributed by atoms with Crippen molar-refractivity contribution in [1.29, 1.82) is 0 Å². The minimum Gasteiger partial charge on any atom is -0.382 e. The van der Waals surface area contributed by atoms with E-state index in [0.717, 1.165) is 11.3 Å². The third-order valence-corrected chi connectivity index (χ3v) is 3.92. The molecule has 0 amide bonds. The third-order valence-electron chi connectivity index (χ3n) is 3.92. The van der Waals surface area contributed by atoms with Crippen molar-refractivity contribution in [3.8, 4) is 11.3 Å². The van der Waals surface area contributed by atoms with Crippen LogP contribution in [0.25, 0.3) is 11.3 Å². The molecule has 18 heavy (non-hydrogen) atoms. The molecule has 2 rings (SSSR count). The fourth-order valence-electron chi connectivity index (χ4n) is 2.57. The van der Waals surface area contributed by atoms with E-state index in [2.05, 4.69) is 38.9 Å². The Labute approximate surface area is 109 Å². The molecule has 2 aromatic rings. The van der Waals surface area contributed by atoms with Crippen molar-refractivity contribution in [2.75, 3.05) is 5.73 Å². The predicted octanol–water partition coefficient (Wildman–Crippen LogP) is 3.21. The molecule has 0 radical (unpaired) electrons. The van der Waals surface area contributed by atoms with E-state index in [1.165, 1.54) is 27.8 Å². The van der Waals surface area contributed by atoms with Gasteiger partial charge in [0, 0.05) is 18.2 Å². The lowest BCUT2D eigenvalue weighted by Gasteiger charge is -2.16. The van der Waals surface area contributed by atoms with Gasteiger partial charge in [-0.25, -0.2) is 0 Å². The molecule has 1 aromatic heterocycles. The average molecular weight is 243 g/mol. The van der Waals surface area contributed by atoms with E-state index >= 15 is 0 Å². The Bertz CT molecular complexity index is 595. The number of benzene rings is 1. The maximum Gasteiger partial charge on any atom is 0.148 e. The van der Waals surface area contributed by atoms with Crippen molar-refractivity contribution in [1.82, 2.24) is 9.78 Å². The lowest BCUT2D eigenvalue weighted by atomic mass is 9.91. The topological polar surface area (TPSA) is 43.8 Å². The first-order chi connectivity index (χ1) is 8.34. The zero-order valence-corrected chi connectivity index (χ0v) is 12.0. The first-order valence-corrected chi connectivity index (χ1v) is 6.21. The van der Waals surface area contributed by atoms with Gasteiger partial charge in [0.05, 0.1) is 5.69 Å². The summed E-state index contributed by atoms with van der Waals surface area (Å²) in [7, 11) is 1.95. The maximum atomic E-state index is 5.92. The minimum atomic E-state index is 0.616. The van der Waals surface area contributed by atoms with Crippen LogP contribution >= 0.6 is 0 Å². The van der Waals surface area contributed by atoms with E-state index < -0.39 is 0 Å². The second-order valence-corrected chi connectivity index (χ2v) is 5.12. The van der Waals surface area contributed by atoms with Crippen LogP contribution in [0.4, 0.5) is 5.82 Å². The smallest absolute Gasteiger partial charge is 0.148 e. The molecule has 0 saturated heterocycles. The van der Waals surface area contributed by atoms with E-state index in [0.29, 0.717) is 5.82 Å². The molecule has 0 spiro atoms. The summed E-state index contributed by atoms with van der Waals surface area (Å²) in [6.45, 7) is 10.7. The number of aryl methyl sites for hydroxylation is 3. The van der Waals surface area contributed by atoms with Crippen LogP contribution in [0, 0.1) is 34.6 Å². The first-order valence-electron chi connectivity index (χ1n) is 6.21. The number of nitrogens with two attached hydrogens (primary N) is 1. The molecule has 3 nitrogen and oxygen atoms in total. The van der Waals surface area contributed by atoms with Gasteiger partial charge in [-0.1, -0.05) is 6.07 Å². The molecule has 0 bridgehead atoms. The molecule has 96 valence electrons. The summed E-state index contributed by atoms with van der Waals surface area (Å²) in [6, 6.07) is 2.24. The normalized spacial score (nSPS) is 11.0. The van der Waals surface area contributed by atoms with Crippen LogP contribution in [-0.2, 0) is 7.05 Å². The molecule has 1 heterocycles. The predicted molar refractivity (Wildman–Crippen MR) is 76.7 cm³/mol. The number of nitrogens with zero attached hydrogens (tertiary/aromatic N) is 2. The van der Waals surface area contributed by atoms with E-state index in [4.69, 9.17) is 5.73 Å². The summed E-state index contributed by atoms with van der Waals surface area (Å²) in [4.78, 5) is 0. The van der Waals surface area contributed by atoms with Crippen LogP contribution in [0.3, 0.4) is 0 Å². The summed E-state index contributed by atoms with van der Waals surface area (Å²) in [6.07, 6.45) is 0. The van der Waals surface area contributed by atoms with Gasteiger partial charge in [-0.2, -0.15) is 5.10 Å². The molecule has 0 saturated carbocycles. The van der Waals surface area contributed by atoms with Crippen molar-refractivity contribution in [2.24, 2.45) is 7.05 Å². The van der Waals surface area contributed by atoms with Crippen LogP contribution in [0.1, 0.15) is 27.8 Å². The fourth-order valence-corrected chi connectivity index (χ4v) is 2.57. The van der Waals surface area contributed by atoms with Crippen molar-refractivity contribution in [3.05, 3.63) is 33.9 Å². The maximum absolute atomic E-state index is 5.92. The van der Waals surface area contributed by atoms with Crippen LogP contribution in [-0.4, -0.2) is 9.78 Å². The van der Waals surface area contributed by atoms with Gasteiger partial charge in [0.2, 0.25) is 0 Å². The zero-order valence-electron chi connectivity index (χ0n) is 12.0. The van der Waals surface area contributed by atoms with Gasteiger partial charge in [0.25, 0.3) is 0 Å². The van der Waals surface area contributed by atoms with Crippen LogP contribution in [0.15, 0.2) is 6.07 Å². The van der Waals surface area contributed by atoms with Crippen LogP contribution < -0.4 is 5.73 Å². The summed E-state index contributed by atoms with van der Waals surface area (Å²) in [5.74, 6) is 0.616. The third kappa shape index (κ3) is 1.70. The van der Waals surface area contributed by atoms with Gasteiger partial charge in [-0.15, -0.1) is 0 Å². The van der Waals surface area contributed by atoms with Gasteiger partial charge in [-0.3, -0.25) is 4.68 Å². The van der Waals surface area contributed by atoms with Gasteiger partial charge < -0.3 is 5.73 Å². The second-order valence-electron chi connectivity index (χ2n) is 5.12. The Hall–Kier alpha value is -1.77. The quantitative estimate of drug-likeness (QED) is 0.835. The highest BCUT2D eigenvalue weighted by atomic mass is 15.3. The summed E-state index contributed by atoms with van der Waals surface area (Å²) in [5.41, 5.74) is 14.6. The zero-order chi connectivity index (χ0) is 13.6. The molecule has 1 aromatic carbocycles.